The van der Waals surface area contributed by atoms with Gasteiger partial charge in [-0.3, -0.25) is 14.8 Å². The summed E-state index contributed by atoms with van der Waals surface area (Å²) < 4.78 is 1.58. The average molecular weight is 195 g/mol. The third kappa shape index (κ3) is 1.10. The molecule has 0 unspecified atom stereocenters. The molecular weight excluding hydrogens is 186 g/mol. The Morgan fingerprint density at radius 2 is 2.07 bits per heavy atom. The molecule has 0 aromatic carbocycles. The van der Waals surface area contributed by atoms with E-state index in [1.807, 2.05) is 0 Å². The summed E-state index contributed by atoms with van der Waals surface area (Å²) in [6, 6.07) is 0. The molecule has 0 amide bonds. The average Bonchev–Trinajstić information content (AvgIpc) is 2.47. The Bertz CT molecular complexity index is 576. The van der Waals surface area contributed by atoms with Crippen molar-refractivity contribution < 1.29 is 0 Å². The van der Waals surface area contributed by atoms with Crippen LogP contribution < -0.4 is 16.3 Å². The largest absolute Gasteiger partial charge is 0.327 e. The summed E-state index contributed by atoms with van der Waals surface area (Å²) in [6.45, 7) is 0. The maximum atomic E-state index is 11.3. The van der Waals surface area contributed by atoms with E-state index in [2.05, 4.69) is 15.0 Å². The molecule has 7 nitrogen and oxygen atoms in total. The summed E-state index contributed by atoms with van der Waals surface area (Å²) in [5.74, 6) is 0. The van der Waals surface area contributed by atoms with Crippen LogP contribution in [0.4, 0.5) is 0 Å². The highest BCUT2D eigenvalue weighted by atomic mass is 16.2. The molecule has 0 saturated carbocycles. The zero-order valence-electron chi connectivity index (χ0n) is 7.74. The normalized spacial score (nSPS) is 10.7. The topological polar surface area (TPSA) is 86.8 Å². The fourth-order valence-electron chi connectivity index (χ4n) is 1.23. The molecule has 0 radical (unpaired) electrons. The molecule has 0 aliphatic carbocycles. The first-order valence-corrected chi connectivity index (χ1v) is 3.97. The molecule has 0 aliphatic rings. The Morgan fingerprint density at radius 3 is 2.71 bits per heavy atom. The van der Waals surface area contributed by atoms with E-state index in [-0.39, 0.29) is 5.52 Å². The molecule has 2 heterocycles. The highest BCUT2D eigenvalue weighted by Crippen LogP contribution is 2.00. The molecule has 0 saturated heterocycles. The first-order chi connectivity index (χ1) is 6.59. The van der Waals surface area contributed by atoms with Gasteiger partial charge >= 0.3 is 5.69 Å². The standard InChI is InChI=1S/C7H9N5O2/c1-11(2)12-3-8-4-5(12)9-7(14)10-6(4)13/h3H,1-2H3,(H2,9,10,13,14). The number of nitrogens with zero attached hydrogens (tertiary/aromatic N) is 3. The van der Waals surface area contributed by atoms with Crippen LogP contribution in [0.1, 0.15) is 0 Å². The number of hydrogen-bond donors (Lipinski definition) is 2. The van der Waals surface area contributed by atoms with Crippen LogP contribution in [0, 0.1) is 0 Å². The van der Waals surface area contributed by atoms with Gasteiger partial charge in [0.25, 0.3) is 5.56 Å². The lowest BCUT2D eigenvalue weighted by Gasteiger charge is -2.13. The van der Waals surface area contributed by atoms with Crippen molar-refractivity contribution in [3.05, 3.63) is 27.2 Å². The fourth-order valence-corrected chi connectivity index (χ4v) is 1.23. The zero-order chi connectivity index (χ0) is 10.3. The van der Waals surface area contributed by atoms with E-state index in [1.165, 1.54) is 6.33 Å². The Hall–Kier alpha value is -2.05. The van der Waals surface area contributed by atoms with Gasteiger partial charge in [0.05, 0.1) is 0 Å². The van der Waals surface area contributed by atoms with E-state index < -0.39 is 11.2 Å². The lowest BCUT2D eigenvalue weighted by atomic mass is 10.5. The van der Waals surface area contributed by atoms with Crippen molar-refractivity contribution in [2.45, 2.75) is 0 Å². The molecule has 0 fully saturated rings. The molecule has 0 bridgehead atoms. The van der Waals surface area contributed by atoms with Crippen LogP contribution in [0.15, 0.2) is 15.9 Å². The van der Waals surface area contributed by atoms with Gasteiger partial charge in [-0.25, -0.2) is 14.5 Å². The van der Waals surface area contributed by atoms with E-state index in [9.17, 15) is 9.59 Å². The van der Waals surface area contributed by atoms with Gasteiger partial charge in [-0.1, -0.05) is 0 Å². The number of rotatable bonds is 1. The number of imidazole rings is 1. The smallest absolute Gasteiger partial charge is 0.316 e. The van der Waals surface area contributed by atoms with Crippen LogP contribution in [0.2, 0.25) is 0 Å². The quantitative estimate of drug-likeness (QED) is 0.586. The van der Waals surface area contributed by atoms with E-state index in [0.717, 1.165) is 0 Å². The summed E-state index contributed by atoms with van der Waals surface area (Å²) in [4.78, 5) is 30.8. The summed E-state index contributed by atoms with van der Waals surface area (Å²) >= 11 is 0. The first kappa shape index (κ1) is 8.54. The van der Waals surface area contributed by atoms with Crippen molar-refractivity contribution in [3.8, 4) is 0 Å². The predicted molar refractivity (Wildman–Crippen MR) is 51.0 cm³/mol. The molecule has 2 N–H and O–H groups in total. The molecule has 2 rings (SSSR count). The Labute approximate surface area is 78.0 Å². The van der Waals surface area contributed by atoms with Crippen LogP contribution in [0.5, 0.6) is 0 Å². The Morgan fingerprint density at radius 1 is 1.36 bits per heavy atom. The highest BCUT2D eigenvalue weighted by Gasteiger charge is 2.08. The summed E-state index contributed by atoms with van der Waals surface area (Å²) in [5, 5.41) is 1.70. The van der Waals surface area contributed by atoms with Gasteiger partial charge in [0.2, 0.25) is 0 Å². The van der Waals surface area contributed by atoms with E-state index in [1.54, 1.807) is 23.8 Å². The lowest BCUT2D eigenvalue weighted by molar-refractivity contribution is 0.743. The Kier molecular flexibility index (Phi) is 1.66. The third-order valence-electron chi connectivity index (χ3n) is 1.85. The van der Waals surface area contributed by atoms with Gasteiger partial charge in [-0.2, -0.15) is 0 Å². The molecule has 0 atom stereocenters. The second kappa shape index (κ2) is 2.72. The number of aromatic amines is 2. The third-order valence-corrected chi connectivity index (χ3v) is 1.85. The summed E-state index contributed by atoms with van der Waals surface area (Å²) in [5.41, 5.74) is -0.405. The van der Waals surface area contributed by atoms with Crippen molar-refractivity contribution >= 4 is 11.2 Å². The van der Waals surface area contributed by atoms with Gasteiger partial charge in [0.15, 0.2) is 11.2 Å². The van der Waals surface area contributed by atoms with Crippen LogP contribution in [0.25, 0.3) is 11.2 Å². The zero-order valence-corrected chi connectivity index (χ0v) is 7.74. The van der Waals surface area contributed by atoms with Crippen molar-refractivity contribution in [2.75, 3.05) is 19.1 Å². The summed E-state index contributed by atoms with van der Waals surface area (Å²) in [7, 11) is 3.56. The SMILES string of the molecule is CN(C)n1cnc2c(=O)[nH]c(=O)[nH]c21. The lowest BCUT2D eigenvalue weighted by Crippen LogP contribution is -2.27. The molecule has 14 heavy (non-hydrogen) atoms. The second-order valence-corrected chi connectivity index (χ2v) is 3.04. The van der Waals surface area contributed by atoms with Gasteiger partial charge in [0.1, 0.15) is 6.33 Å². The second-order valence-electron chi connectivity index (χ2n) is 3.04. The minimum atomic E-state index is -0.536. The predicted octanol–water partition coefficient (Wildman–Crippen LogP) is -1.39. The van der Waals surface area contributed by atoms with Crippen LogP contribution >= 0.6 is 0 Å². The highest BCUT2D eigenvalue weighted by molar-refractivity contribution is 5.69. The number of H-pyrrole nitrogens is 2. The van der Waals surface area contributed by atoms with Crippen LogP contribution in [-0.4, -0.2) is 33.7 Å². The number of nitrogens with one attached hydrogen (secondary N) is 2. The van der Waals surface area contributed by atoms with Gasteiger partial charge in [-0.05, 0) is 0 Å². The van der Waals surface area contributed by atoms with Gasteiger partial charge < -0.3 is 5.01 Å². The molecule has 74 valence electrons. The molecule has 2 aromatic heterocycles. The van der Waals surface area contributed by atoms with Crippen molar-refractivity contribution in [2.24, 2.45) is 0 Å². The van der Waals surface area contributed by atoms with Crippen molar-refractivity contribution in [3.63, 3.8) is 0 Å². The summed E-state index contributed by atoms with van der Waals surface area (Å²) in [6.07, 6.45) is 1.47. The van der Waals surface area contributed by atoms with Gasteiger partial charge in [-0.15, -0.1) is 0 Å². The number of hydrogen-bond acceptors (Lipinski definition) is 4. The maximum absolute atomic E-state index is 11.3. The van der Waals surface area contributed by atoms with Crippen molar-refractivity contribution in [1.82, 2.24) is 19.6 Å². The van der Waals surface area contributed by atoms with Crippen LogP contribution in [0.3, 0.4) is 0 Å². The Balaban J connectivity index is 2.92. The minimum Gasteiger partial charge on any atom is -0.316 e. The van der Waals surface area contributed by atoms with Crippen LogP contribution in [-0.2, 0) is 0 Å². The van der Waals surface area contributed by atoms with E-state index in [0.29, 0.717) is 5.65 Å². The number of fused-ring (bicyclic) bond motifs is 1. The van der Waals surface area contributed by atoms with E-state index >= 15 is 0 Å². The molecule has 0 spiro atoms. The monoisotopic (exact) mass is 195 g/mol. The molecule has 2 aromatic rings. The molecule has 7 heteroatoms. The number of aromatic nitrogens is 4. The minimum absolute atomic E-state index is 0.221. The van der Waals surface area contributed by atoms with Gasteiger partial charge in [0, 0.05) is 14.1 Å². The van der Waals surface area contributed by atoms with Crippen molar-refractivity contribution in [1.29, 1.82) is 0 Å². The fraction of sp³-hybridized carbons (Fsp3) is 0.286. The van der Waals surface area contributed by atoms with E-state index in [4.69, 9.17) is 0 Å². The molecular formula is C7H9N5O2. The molecule has 0 aliphatic heterocycles. The first-order valence-electron chi connectivity index (χ1n) is 3.97. The maximum Gasteiger partial charge on any atom is 0.327 e.